The second-order valence-corrected chi connectivity index (χ2v) is 10.1. The number of hydrogen-bond acceptors (Lipinski definition) is 5. The number of aryl methyl sites for hydroxylation is 1. The number of benzene rings is 2. The first kappa shape index (κ1) is 20.6. The van der Waals surface area contributed by atoms with Gasteiger partial charge in [0.1, 0.15) is 10.8 Å². The van der Waals surface area contributed by atoms with Gasteiger partial charge in [0.25, 0.3) is 0 Å². The van der Waals surface area contributed by atoms with E-state index in [0.717, 1.165) is 10.9 Å². The highest BCUT2D eigenvalue weighted by Crippen LogP contribution is 2.22. The molecule has 0 saturated carbocycles. The van der Waals surface area contributed by atoms with E-state index in [2.05, 4.69) is 10.3 Å². The van der Waals surface area contributed by atoms with Crippen LogP contribution in [0.3, 0.4) is 0 Å². The lowest BCUT2D eigenvalue weighted by molar-refractivity contribution is -0.116. The Labute approximate surface area is 183 Å². The molecule has 0 unspecified atom stereocenters. The normalized spacial score (nSPS) is 11.6. The van der Waals surface area contributed by atoms with Crippen LogP contribution in [0.25, 0.3) is 10.9 Å². The van der Waals surface area contributed by atoms with E-state index in [0.29, 0.717) is 22.3 Å². The third-order valence-electron chi connectivity index (χ3n) is 4.61. The average molecular weight is 460 g/mol. The summed E-state index contributed by atoms with van der Waals surface area (Å²) < 4.78 is 26.9. The number of carbonyl (C=O) groups is 1. The summed E-state index contributed by atoms with van der Waals surface area (Å²) in [6, 6.07) is 13.8. The number of fused-ring (bicyclic) bond motifs is 1. The van der Waals surface area contributed by atoms with Crippen LogP contribution in [0.1, 0.15) is 11.4 Å². The summed E-state index contributed by atoms with van der Waals surface area (Å²) in [6.45, 7) is 0.510. The molecule has 2 aromatic heterocycles. The molecule has 1 N–H and O–H groups in total. The Kier molecular flexibility index (Phi) is 5.90. The number of rotatable bonds is 7. The highest BCUT2D eigenvalue weighted by molar-refractivity contribution is 7.90. The minimum atomic E-state index is -3.47. The number of sulfone groups is 1. The fourth-order valence-electron chi connectivity index (χ4n) is 3.11. The van der Waals surface area contributed by atoms with Gasteiger partial charge in [-0.1, -0.05) is 17.7 Å². The third-order valence-corrected chi connectivity index (χ3v) is 7.45. The van der Waals surface area contributed by atoms with Crippen LogP contribution in [0.5, 0.6) is 0 Å². The Morgan fingerprint density at radius 2 is 1.93 bits per heavy atom. The molecule has 0 radical (unpaired) electrons. The number of amides is 1. The number of hydrogen-bond donors (Lipinski definition) is 1. The number of nitrogens with zero attached hydrogens (tertiary/aromatic N) is 2. The molecule has 2 aromatic carbocycles. The van der Waals surface area contributed by atoms with E-state index < -0.39 is 9.84 Å². The van der Waals surface area contributed by atoms with Crippen molar-refractivity contribution in [2.45, 2.75) is 23.6 Å². The van der Waals surface area contributed by atoms with E-state index in [1.807, 2.05) is 35.0 Å². The smallest absolute Gasteiger partial charge is 0.226 e. The molecule has 0 aliphatic carbocycles. The minimum absolute atomic E-state index is 0.134. The second-order valence-electron chi connectivity index (χ2n) is 6.72. The molecule has 0 aliphatic heterocycles. The van der Waals surface area contributed by atoms with Crippen LogP contribution >= 0.6 is 22.9 Å². The minimum Gasteiger partial charge on any atom is -0.347 e. The predicted octanol–water partition coefficient (Wildman–Crippen LogP) is 4.75. The molecular weight excluding hydrogens is 442 g/mol. The lowest BCUT2D eigenvalue weighted by atomic mass is 10.2. The molecule has 4 rings (SSSR count). The van der Waals surface area contributed by atoms with Crippen molar-refractivity contribution in [3.63, 3.8) is 0 Å². The maximum absolute atomic E-state index is 12.5. The van der Waals surface area contributed by atoms with Crippen molar-refractivity contribution in [1.82, 2.24) is 9.55 Å². The van der Waals surface area contributed by atoms with Gasteiger partial charge in [-0.05, 0) is 47.9 Å². The summed E-state index contributed by atoms with van der Waals surface area (Å²) in [5.41, 5.74) is 1.53. The quantitative estimate of drug-likeness (QED) is 0.432. The zero-order valence-corrected chi connectivity index (χ0v) is 18.2. The first-order valence-electron chi connectivity index (χ1n) is 9.16. The Bertz CT molecular complexity index is 1280. The first-order valence-corrected chi connectivity index (χ1v) is 12.1. The molecule has 0 bridgehead atoms. The predicted molar refractivity (Wildman–Crippen MR) is 120 cm³/mol. The molecule has 1 amide bonds. The Hall–Kier alpha value is -2.68. The molecule has 6 nitrogen and oxygen atoms in total. The monoisotopic (exact) mass is 459 g/mol. The summed E-state index contributed by atoms with van der Waals surface area (Å²) in [6.07, 6.45) is 3.79. The zero-order chi connectivity index (χ0) is 21.1. The summed E-state index contributed by atoms with van der Waals surface area (Å²) in [5.74, 6) is -0.289. The number of carbonyl (C=O) groups excluding carboxylic acids is 1. The highest BCUT2D eigenvalue weighted by atomic mass is 35.5. The van der Waals surface area contributed by atoms with Gasteiger partial charge in [-0.2, -0.15) is 0 Å². The topological polar surface area (TPSA) is 81.1 Å². The summed E-state index contributed by atoms with van der Waals surface area (Å²) in [4.78, 5) is 16.6. The van der Waals surface area contributed by atoms with Gasteiger partial charge >= 0.3 is 0 Å². The second kappa shape index (κ2) is 8.59. The maximum Gasteiger partial charge on any atom is 0.226 e. The fourth-order valence-corrected chi connectivity index (χ4v) is 5.53. The van der Waals surface area contributed by atoms with Gasteiger partial charge in [-0.3, -0.25) is 4.79 Å². The van der Waals surface area contributed by atoms with Gasteiger partial charge < -0.3 is 9.88 Å². The molecule has 0 spiro atoms. The number of aromatic nitrogens is 2. The fraction of sp³-hybridized carbons (Fsp3) is 0.143. The van der Waals surface area contributed by atoms with E-state index in [9.17, 15) is 13.2 Å². The van der Waals surface area contributed by atoms with Crippen molar-refractivity contribution in [3.05, 3.63) is 76.3 Å². The number of anilines is 1. The molecule has 9 heteroatoms. The molecule has 0 fully saturated rings. The van der Waals surface area contributed by atoms with E-state index in [1.54, 1.807) is 23.7 Å². The van der Waals surface area contributed by atoms with Crippen molar-refractivity contribution >= 4 is 55.3 Å². The summed E-state index contributed by atoms with van der Waals surface area (Å²) in [7, 11) is -3.47. The van der Waals surface area contributed by atoms with Crippen molar-refractivity contribution in [2.24, 2.45) is 0 Å². The SMILES string of the molecule is O=C(CCn1ccc2ccc(Cl)cc21)Nc1ccc(S(=O)(=O)Cc2nccs2)cc1. The van der Waals surface area contributed by atoms with E-state index in [4.69, 9.17) is 11.6 Å². The maximum atomic E-state index is 12.5. The highest BCUT2D eigenvalue weighted by Gasteiger charge is 2.17. The third kappa shape index (κ3) is 4.72. The van der Waals surface area contributed by atoms with Gasteiger partial charge in [0.05, 0.1) is 4.90 Å². The number of thiazole rings is 1. The molecule has 2 heterocycles. The standard InChI is InChI=1S/C21H18ClN3O3S2/c22-16-2-1-15-7-10-25(19(15)13-16)11-8-20(26)24-17-3-5-18(6-4-17)30(27,28)14-21-23-9-12-29-21/h1-7,9-10,12-13H,8,11,14H2,(H,24,26). The summed E-state index contributed by atoms with van der Waals surface area (Å²) in [5, 5.41) is 6.81. The summed E-state index contributed by atoms with van der Waals surface area (Å²) >= 11 is 7.37. The Morgan fingerprint density at radius 3 is 2.67 bits per heavy atom. The average Bonchev–Trinajstić information content (AvgIpc) is 3.36. The van der Waals surface area contributed by atoms with Crippen LogP contribution in [-0.2, 0) is 26.9 Å². The van der Waals surface area contributed by atoms with E-state index >= 15 is 0 Å². The van der Waals surface area contributed by atoms with Crippen LogP contribution in [0, 0.1) is 0 Å². The lowest BCUT2D eigenvalue weighted by Gasteiger charge is -2.08. The molecule has 0 aliphatic rings. The van der Waals surface area contributed by atoms with Crippen molar-refractivity contribution in [3.8, 4) is 0 Å². The van der Waals surface area contributed by atoms with Gasteiger partial charge in [0.2, 0.25) is 5.91 Å². The van der Waals surface area contributed by atoms with Crippen LogP contribution in [0.4, 0.5) is 5.69 Å². The molecule has 0 atom stereocenters. The molecule has 4 aromatic rings. The lowest BCUT2D eigenvalue weighted by Crippen LogP contribution is -2.14. The first-order chi connectivity index (χ1) is 14.4. The van der Waals surface area contributed by atoms with Crippen molar-refractivity contribution < 1.29 is 13.2 Å². The van der Waals surface area contributed by atoms with Crippen molar-refractivity contribution in [1.29, 1.82) is 0 Å². The van der Waals surface area contributed by atoms with Crippen LogP contribution in [0.2, 0.25) is 5.02 Å². The Balaban J connectivity index is 1.37. The van der Waals surface area contributed by atoms with Crippen LogP contribution in [-0.4, -0.2) is 23.9 Å². The molecule has 30 heavy (non-hydrogen) atoms. The van der Waals surface area contributed by atoms with Crippen LogP contribution in [0.15, 0.2) is 71.2 Å². The molecular formula is C21H18ClN3O3S2. The Morgan fingerprint density at radius 1 is 1.13 bits per heavy atom. The van der Waals surface area contributed by atoms with Crippen LogP contribution < -0.4 is 5.32 Å². The van der Waals surface area contributed by atoms with Gasteiger partial charge in [-0.25, -0.2) is 13.4 Å². The van der Waals surface area contributed by atoms with Gasteiger partial charge in [0, 0.05) is 47.0 Å². The van der Waals surface area contributed by atoms with Gasteiger partial charge in [-0.15, -0.1) is 11.3 Å². The zero-order valence-electron chi connectivity index (χ0n) is 15.8. The number of halogens is 1. The van der Waals surface area contributed by atoms with E-state index in [-0.39, 0.29) is 23.0 Å². The van der Waals surface area contributed by atoms with Crippen molar-refractivity contribution in [2.75, 3.05) is 5.32 Å². The van der Waals surface area contributed by atoms with Gasteiger partial charge in [0.15, 0.2) is 9.84 Å². The largest absolute Gasteiger partial charge is 0.347 e. The van der Waals surface area contributed by atoms with E-state index in [1.165, 1.54) is 23.5 Å². The molecule has 154 valence electrons. The number of nitrogens with one attached hydrogen (secondary N) is 1. The molecule has 0 saturated heterocycles.